The van der Waals surface area contributed by atoms with Gasteiger partial charge in [0.05, 0.1) is 23.8 Å². The van der Waals surface area contributed by atoms with E-state index in [0.29, 0.717) is 22.5 Å². The summed E-state index contributed by atoms with van der Waals surface area (Å²) in [4.78, 5) is 11.4. The largest absolute Gasteiger partial charge is 0.609 e. The maximum atomic E-state index is 13.3. The van der Waals surface area contributed by atoms with E-state index in [1.54, 1.807) is 19.4 Å². The Labute approximate surface area is 155 Å². The van der Waals surface area contributed by atoms with Crippen LogP contribution in [0.1, 0.15) is 11.3 Å². The molecule has 3 heterocycles. The van der Waals surface area contributed by atoms with Crippen molar-refractivity contribution in [3.05, 3.63) is 35.7 Å². The van der Waals surface area contributed by atoms with E-state index in [0.717, 1.165) is 5.56 Å². The number of hydrogen-bond acceptors (Lipinski definition) is 6. The summed E-state index contributed by atoms with van der Waals surface area (Å²) in [6.45, 7) is 0.971. The molecule has 2 aromatic heterocycles. The molecule has 142 valence electrons. The van der Waals surface area contributed by atoms with Crippen molar-refractivity contribution >= 4 is 22.2 Å². The molecule has 0 fully saturated rings. The van der Waals surface area contributed by atoms with Crippen LogP contribution in [0, 0.1) is 6.92 Å². The molecule has 1 aromatic carbocycles. The van der Waals surface area contributed by atoms with Gasteiger partial charge in [-0.05, 0) is 13.0 Å². The number of alkyl halides is 2. The van der Waals surface area contributed by atoms with Crippen molar-refractivity contribution in [3.8, 4) is 17.2 Å². The fourth-order valence-electron chi connectivity index (χ4n) is 2.77. The van der Waals surface area contributed by atoms with Crippen molar-refractivity contribution in [2.24, 2.45) is 0 Å². The molecule has 0 spiro atoms. The normalized spacial score (nSPS) is 16.3. The van der Waals surface area contributed by atoms with Crippen molar-refractivity contribution < 1.29 is 27.5 Å². The fraction of sp³-hybridized carbons (Fsp3) is 0.294. The molecule has 1 atom stereocenters. The molecule has 1 N–H and O–H groups in total. The number of hydrogen-bond donors (Lipinski definition) is 1. The van der Waals surface area contributed by atoms with Crippen LogP contribution >= 0.6 is 0 Å². The number of nitrogens with zero attached hydrogens (tertiary/aromatic N) is 2. The highest BCUT2D eigenvalue weighted by Crippen LogP contribution is 2.39. The van der Waals surface area contributed by atoms with Crippen LogP contribution in [0.3, 0.4) is 0 Å². The Balaban J connectivity index is 1.62. The van der Waals surface area contributed by atoms with E-state index in [4.69, 9.17) is 9.47 Å². The van der Waals surface area contributed by atoms with Crippen molar-refractivity contribution in [2.45, 2.75) is 23.9 Å². The van der Waals surface area contributed by atoms with E-state index in [9.17, 15) is 13.3 Å². The third-order valence-electron chi connectivity index (χ3n) is 4.14. The second kappa shape index (κ2) is 6.54. The maximum absolute atomic E-state index is 13.3. The molecule has 10 heteroatoms. The lowest BCUT2D eigenvalue weighted by Crippen LogP contribution is -2.35. The molecule has 1 aliphatic rings. The lowest BCUT2D eigenvalue weighted by Gasteiger charge is -2.25. The average molecular weight is 395 g/mol. The van der Waals surface area contributed by atoms with E-state index in [2.05, 4.69) is 19.7 Å². The van der Waals surface area contributed by atoms with Gasteiger partial charge in [-0.3, -0.25) is 9.97 Å². The van der Waals surface area contributed by atoms with Gasteiger partial charge in [-0.25, -0.2) is 0 Å². The summed E-state index contributed by atoms with van der Waals surface area (Å²) in [6, 6.07) is 4.57. The summed E-state index contributed by atoms with van der Waals surface area (Å²) in [7, 11) is 1.55. The molecule has 3 aromatic rings. The molecule has 0 saturated carbocycles. The van der Waals surface area contributed by atoms with E-state index in [-0.39, 0.29) is 22.4 Å². The Morgan fingerprint density at radius 1 is 1.37 bits per heavy atom. The van der Waals surface area contributed by atoms with Gasteiger partial charge in [-0.15, -0.1) is 0 Å². The zero-order valence-electron chi connectivity index (χ0n) is 14.4. The molecule has 0 aliphatic carbocycles. The number of imidazole rings is 1. The van der Waals surface area contributed by atoms with Gasteiger partial charge in [0, 0.05) is 35.1 Å². The van der Waals surface area contributed by atoms with Crippen molar-refractivity contribution in [2.75, 3.05) is 13.7 Å². The number of H-pyrrole nitrogens is 1. The zero-order valence-corrected chi connectivity index (χ0v) is 15.2. The Hall–Kier alpha value is -2.59. The second-order valence-corrected chi connectivity index (χ2v) is 7.33. The van der Waals surface area contributed by atoms with Gasteiger partial charge in [0.1, 0.15) is 5.75 Å². The highest BCUT2D eigenvalue weighted by Gasteiger charge is 2.38. The van der Waals surface area contributed by atoms with Gasteiger partial charge in [0.15, 0.2) is 23.9 Å². The second-order valence-electron chi connectivity index (χ2n) is 5.96. The van der Waals surface area contributed by atoms with Gasteiger partial charge in [0.2, 0.25) is 0 Å². The van der Waals surface area contributed by atoms with Crippen LogP contribution in [0.5, 0.6) is 17.2 Å². The van der Waals surface area contributed by atoms with Gasteiger partial charge >= 0.3 is 11.3 Å². The molecular formula is C17H15F2N3O4S. The molecule has 0 radical (unpaired) electrons. The first-order chi connectivity index (χ1) is 12.9. The van der Waals surface area contributed by atoms with Crippen LogP contribution in [0.15, 0.2) is 29.6 Å². The van der Waals surface area contributed by atoms with Gasteiger partial charge in [-0.2, -0.15) is 13.8 Å². The van der Waals surface area contributed by atoms with Gasteiger partial charge in [-0.1, -0.05) is 0 Å². The number of aromatic nitrogens is 3. The number of halogens is 2. The summed E-state index contributed by atoms with van der Waals surface area (Å²) in [5.74, 6) is 0.866. The van der Waals surface area contributed by atoms with E-state index >= 15 is 0 Å². The van der Waals surface area contributed by atoms with Crippen LogP contribution in [-0.2, 0) is 16.9 Å². The lowest BCUT2D eigenvalue weighted by molar-refractivity contribution is -0.208. The minimum Gasteiger partial charge on any atom is -0.609 e. The minimum atomic E-state index is -3.39. The Morgan fingerprint density at radius 3 is 2.96 bits per heavy atom. The van der Waals surface area contributed by atoms with E-state index < -0.39 is 23.9 Å². The third-order valence-corrected chi connectivity index (χ3v) is 5.30. The van der Waals surface area contributed by atoms with Crippen LogP contribution < -0.4 is 14.2 Å². The van der Waals surface area contributed by atoms with Crippen LogP contribution in [-0.4, -0.2) is 39.3 Å². The highest BCUT2D eigenvalue weighted by molar-refractivity contribution is 7.90. The van der Waals surface area contributed by atoms with Crippen LogP contribution in [0.4, 0.5) is 8.78 Å². The first kappa shape index (κ1) is 17.8. The number of aromatic amines is 1. The summed E-state index contributed by atoms with van der Waals surface area (Å²) in [6.07, 6.45) is -1.81. The van der Waals surface area contributed by atoms with Gasteiger partial charge in [0.25, 0.3) is 0 Å². The molecule has 0 amide bonds. The number of fused-ring (bicyclic) bond motifs is 2. The first-order valence-electron chi connectivity index (χ1n) is 7.96. The summed E-state index contributed by atoms with van der Waals surface area (Å²) in [5, 5.41) is 0.211. The van der Waals surface area contributed by atoms with Crippen LogP contribution in [0.25, 0.3) is 11.0 Å². The summed E-state index contributed by atoms with van der Waals surface area (Å²) >= 11 is -1.52. The predicted molar refractivity (Wildman–Crippen MR) is 92.8 cm³/mol. The van der Waals surface area contributed by atoms with Gasteiger partial charge < -0.3 is 18.8 Å². The highest BCUT2D eigenvalue weighted by atomic mass is 32.2. The molecule has 4 rings (SSSR count). The molecular weight excluding hydrogens is 380 g/mol. The zero-order chi connectivity index (χ0) is 19.2. The molecule has 1 aliphatic heterocycles. The smallest absolute Gasteiger partial charge is 0.433 e. The van der Waals surface area contributed by atoms with E-state index in [1.165, 1.54) is 12.1 Å². The van der Waals surface area contributed by atoms with Crippen LogP contribution in [0.2, 0.25) is 0 Å². The summed E-state index contributed by atoms with van der Waals surface area (Å²) in [5.41, 5.74) is 2.29. The summed E-state index contributed by atoms with van der Waals surface area (Å²) < 4.78 is 54.2. The number of nitrogens with one attached hydrogen (secondary N) is 1. The van der Waals surface area contributed by atoms with Crippen molar-refractivity contribution in [3.63, 3.8) is 0 Å². The molecule has 0 bridgehead atoms. The number of methoxy groups -OCH3 is 1. The third kappa shape index (κ3) is 3.37. The van der Waals surface area contributed by atoms with E-state index in [1.807, 2.05) is 6.92 Å². The number of ether oxygens (including phenoxy) is 3. The number of benzene rings is 1. The minimum absolute atomic E-state index is 0.104. The lowest BCUT2D eigenvalue weighted by atomic mass is 10.2. The quantitative estimate of drug-likeness (QED) is 0.683. The fourth-order valence-corrected chi connectivity index (χ4v) is 3.87. The monoisotopic (exact) mass is 395 g/mol. The Bertz CT molecular complexity index is 1010. The predicted octanol–water partition coefficient (Wildman–Crippen LogP) is 2.95. The molecule has 1 unspecified atom stereocenters. The number of pyridine rings is 1. The maximum Gasteiger partial charge on any atom is 0.433 e. The van der Waals surface area contributed by atoms with Crippen molar-refractivity contribution in [1.82, 2.24) is 15.0 Å². The topological polar surface area (TPSA) is 92.3 Å². The Morgan fingerprint density at radius 2 is 2.19 bits per heavy atom. The average Bonchev–Trinajstić information content (AvgIpc) is 3.04. The standard InChI is InChI=1S/C17H15F2N3O4S/c1-9-12(20-4-3-13(9)24-2)7-27(23)16-21-10-5-14-15(6-11(10)22-16)26-17(18,19)8-25-14/h3-6H,7-8H2,1-2H3,(H,21,22). The number of rotatable bonds is 4. The molecule has 7 nitrogen and oxygen atoms in total. The first-order valence-corrected chi connectivity index (χ1v) is 9.28. The SMILES string of the molecule is COc1ccnc(C[S+]([O-])c2nc3cc4c(cc3[nH]2)OCC(F)(F)O4)c1C. The Kier molecular flexibility index (Phi) is 4.31. The van der Waals surface area contributed by atoms with Crippen molar-refractivity contribution in [1.29, 1.82) is 0 Å². The molecule has 0 saturated heterocycles. The molecule has 27 heavy (non-hydrogen) atoms.